The molecule has 0 aromatic carbocycles. The van der Waals surface area contributed by atoms with Crippen LogP contribution in [0.25, 0.3) is 0 Å². The molecule has 0 aliphatic rings. The van der Waals surface area contributed by atoms with E-state index in [0.717, 1.165) is 13.0 Å². The molecule has 0 saturated carbocycles. The Hall–Kier alpha value is -0.120. The van der Waals surface area contributed by atoms with E-state index in [1.807, 2.05) is 0 Å². The van der Waals surface area contributed by atoms with Crippen molar-refractivity contribution in [1.29, 1.82) is 0 Å². The quantitative estimate of drug-likeness (QED) is 0.448. The molecule has 86 valence electrons. The summed E-state index contributed by atoms with van der Waals surface area (Å²) in [5, 5.41) is 0. The van der Waals surface area contributed by atoms with Gasteiger partial charge in [0.25, 0.3) is 0 Å². The minimum atomic E-state index is 0.0987. The molecule has 0 aromatic heterocycles. The molecular weight excluding hydrogens is 180 g/mol. The van der Waals surface area contributed by atoms with Gasteiger partial charge in [-0.25, -0.2) is 0 Å². The summed E-state index contributed by atoms with van der Waals surface area (Å²) in [6.07, 6.45) is 1.10. The van der Waals surface area contributed by atoms with E-state index >= 15 is 0 Å². The highest BCUT2D eigenvalue weighted by Gasteiger charge is 2.25. The summed E-state index contributed by atoms with van der Waals surface area (Å²) in [4.78, 5) is 0. The molecule has 0 amide bonds. The third kappa shape index (κ3) is 6.35. The smallest absolute Gasteiger partial charge is 0.146 e. The van der Waals surface area contributed by atoms with E-state index in [2.05, 4.69) is 20.8 Å². The summed E-state index contributed by atoms with van der Waals surface area (Å²) in [6.45, 7) is 8.39. The largest absolute Gasteiger partial charge is 0.384 e. The molecule has 0 N–H and O–H groups in total. The molecule has 3 nitrogen and oxygen atoms in total. The number of methoxy groups -OCH3 is 2. The zero-order chi connectivity index (χ0) is 11.0. The summed E-state index contributed by atoms with van der Waals surface area (Å²) in [6, 6.07) is 0. The van der Waals surface area contributed by atoms with Crippen molar-refractivity contribution in [2.45, 2.75) is 27.2 Å². The second kappa shape index (κ2) is 7.21. The maximum atomic E-state index is 5.40. The van der Waals surface area contributed by atoms with Crippen LogP contribution in [0, 0.1) is 11.3 Å². The molecule has 0 aliphatic carbocycles. The fraction of sp³-hybridized carbons (Fsp3) is 1.00. The van der Waals surface area contributed by atoms with Crippen LogP contribution in [-0.2, 0) is 14.2 Å². The number of ether oxygens (including phenoxy) is 3. The van der Waals surface area contributed by atoms with Gasteiger partial charge in [0.15, 0.2) is 0 Å². The minimum absolute atomic E-state index is 0.0987. The van der Waals surface area contributed by atoms with Gasteiger partial charge in [-0.2, -0.15) is 0 Å². The summed E-state index contributed by atoms with van der Waals surface area (Å²) >= 11 is 0. The van der Waals surface area contributed by atoms with E-state index in [0.29, 0.717) is 19.3 Å². The van der Waals surface area contributed by atoms with Gasteiger partial charge in [-0.05, 0) is 12.3 Å². The maximum absolute atomic E-state index is 5.40. The summed E-state index contributed by atoms with van der Waals surface area (Å²) in [5.41, 5.74) is 0.0987. The van der Waals surface area contributed by atoms with Crippen molar-refractivity contribution in [3.63, 3.8) is 0 Å². The number of rotatable bonds is 8. The molecule has 0 bridgehead atoms. The van der Waals surface area contributed by atoms with Gasteiger partial charge in [0, 0.05) is 19.6 Å². The van der Waals surface area contributed by atoms with Crippen molar-refractivity contribution < 1.29 is 14.2 Å². The van der Waals surface area contributed by atoms with Crippen LogP contribution in [-0.4, -0.2) is 34.2 Å². The van der Waals surface area contributed by atoms with Crippen LogP contribution in [0.4, 0.5) is 0 Å². The van der Waals surface area contributed by atoms with Gasteiger partial charge in [0.05, 0.1) is 13.2 Å². The molecule has 0 heterocycles. The van der Waals surface area contributed by atoms with Crippen molar-refractivity contribution in [3.05, 3.63) is 0 Å². The van der Waals surface area contributed by atoms with Crippen molar-refractivity contribution in [1.82, 2.24) is 0 Å². The van der Waals surface area contributed by atoms with E-state index in [4.69, 9.17) is 14.2 Å². The Labute approximate surface area is 87.7 Å². The fourth-order valence-electron chi connectivity index (χ4n) is 1.86. The van der Waals surface area contributed by atoms with Crippen molar-refractivity contribution in [3.8, 4) is 0 Å². The van der Waals surface area contributed by atoms with Crippen molar-refractivity contribution in [2.24, 2.45) is 11.3 Å². The topological polar surface area (TPSA) is 27.7 Å². The van der Waals surface area contributed by atoms with Gasteiger partial charge >= 0.3 is 0 Å². The average Bonchev–Trinajstić information content (AvgIpc) is 2.03. The molecule has 1 atom stereocenters. The molecule has 0 radical (unpaired) electrons. The summed E-state index contributed by atoms with van der Waals surface area (Å²) in [7, 11) is 3.37. The molecule has 0 fully saturated rings. The third-order valence-corrected chi connectivity index (χ3v) is 2.05. The first kappa shape index (κ1) is 13.9. The lowest BCUT2D eigenvalue weighted by Gasteiger charge is -2.30. The lowest BCUT2D eigenvalue weighted by atomic mass is 9.83. The highest BCUT2D eigenvalue weighted by Crippen LogP contribution is 2.26. The molecule has 0 aromatic rings. The van der Waals surface area contributed by atoms with Crippen LogP contribution < -0.4 is 0 Å². The lowest BCUT2D eigenvalue weighted by Crippen LogP contribution is -2.30. The molecule has 14 heavy (non-hydrogen) atoms. The predicted octanol–water partition coefficient (Wildman–Crippen LogP) is 2.31. The van der Waals surface area contributed by atoms with E-state index in [1.54, 1.807) is 14.2 Å². The van der Waals surface area contributed by atoms with E-state index in [9.17, 15) is 0 Å². The molecule has 0 spiro atoms. The van der Waals surface area contributed by atoms with Crippen LogP contribution >= 0.6 is 0 Å². The Morgan fingerprint density at radius 3 is 2.14 bits per heavy atom. The zero-order valence-corrected chi connectivity index (χ0v) is 10.1. The lowest BCUT2D eigenvalue weighted by molar-refractivity contribution is -0.0804. The Balaban J connectivity index is 3.95. The highest BCUT2D eigenvalue weighted by molar-refractivity contribution is 4.74. The average molecular weight is 204 g/mol. The maximum Gasteiger partial charge on any atom is 0.146 e. The van der Waals surface area contributed by atoms with Crippen molar-refractivity contribution in [2.75, 3.05) is 34.2 Å². The van der Waals surface area contributed by atoms with Crippen LogP contribution in [0.2, 0.25) is 0 Å². The van der Waals surface area contributed by atoms with E-state index in [1.165, 1.54) is 0 Å². The Morgan fingerprint density at radius 2 is 1.71 bits per heavy atom. The van der Waals surface area contributed by atoms with Crippen LogP contribution in [0.3, 0.4) is 0 Å². The van der Waals surface area contributed by atoms with Gasteiger partial charge in [0.2, 0.25) is 0 Å². The van der Waals surface area contributed by atoms with Gasteiger partial charge in [0.1, 0.15) is 6.79 Å². The molecule has 1 unspecified atom stereocenters. The fourth-order valence-corrected chi connectivity index (χ4v) is 1.86. The molecule has 0 aliphatic heterocycles. The first-order chi connectivity index (χ1) is 6.54. The normalized spacial score (nSPS) is 15.9. The molecule has 3 heteroatoms. The Morgan fingerprint density at radius 1 is 1.07 bits per heavy atom. The first-order valence-corrected chi connectivity index (χ1v) is 5.09. The molecule has 0 saturated heterocycles. The number of hydrogen-bond donors (Lipinski definition) is 0. The summed E-state index contributed by atoms with van der Waals surface area (Å²) < 4.78 is 15.5. The second-order valence-electron chi connectivity index (χ2n) is 4.60. The first-order valence-electron chi connectivity index (χ1n) is 5.09. The highest BCUT2D eigenvalue weighted by atomic mass is 16.7. The van der Waals surface area contributed by atoms with Gasteiger partial charge in [-0.1, -0.05) is 20.8 Å². The Kier molecular flexibility index (Phi) is 7.15. The van der Waals surface area contributed by atoms with Crippen LogP contribution in [0.5, 0.6) is 0 Å². The molecule has 0 rings (SSSR count). The SMILES string of the molecule is COCOCC(C)(COC)CC(C)C. The minimum Gasteiger partial charge on any atom is -0.384 e. The van der Waals surface area contributed by atoms with Crippen LogP contribution in [0.15, 0.2) is 0 Å². The van der Waals surface area contributed by atoms with Gasteiger partial charge in [-0.15, -0.1) is 0 Å². The molecular formula is C11H24O3. The number of hydrogen-bond acceptors (Lipinski definition) is 3. The standard InChI is InChI=1S/C11H24O3/c1-10(2)6-11(3,7-12-4)8-14-9-13-5/h10H,6-9H2,1-5H3. The summed E-state index contributed by atoms with van der Waals surface area (Å²) in [5.74, 6) is 0.654. The Bertz CT molecular complexity index is 136. The second-order valence-corrected chi connectivity index (χ2v) is 4.60. The van der Waals surface area contributed by atoms with Gasteiger partial charge in [-0.3, -0.25) is 0 Å². The predicted molar refractivity (Wildman–Crippen MR) is 57.3 cm³/mol. The third-order valence-electron chi connectivity index (χ3n) is 2.05. The van der Waals surface area contributed by atoms with Crippen LogP contribution in [0.1, 0.15) is 27.2 Å². The monoisotopic (exact) mass is 204 g/mol. The van der Waals surface area contributed by atoms with E-state index < -0.39 is 0 Å². The van der Waals surface area contributed by atoms with E-state index in [-0.39, 0.29) is 5.41 Å². The zero-order valence-electron chi connectivity index (χ0n) is 10.1. The van der Waals surface area contributed by atoms with Crippen molar-refractivity contribution >= 4 is 0 Å². The van der Waals surface area contributed by atoms with Gasteiger partial charge < -0.3 is 14.2 Å².